The summed E-state index contributed by atoms with van der Waals surface area (Å²) < 4.78 is 0. The third kappa shape index (κ3) is 8.57. The Morgan fingerprint density at radius 1 is 1.28 bits per heavy atom. The lowest BCUT2D eigenvalue weighted by molar-refractivity contribution is -0.141. The molecule has 0 saturated heterocycles. The second-order valence-corrected chi connectivity index (χ2v) is 6.11. The molecule has 1 aromatic carbocycles. The molecule has 138 valence electrons. The lowest BCUT2D eigenvalue weighted by atomic mass is 10.1. The maximum absolute atomic E-state index is 11.9. The van der Waals surface area contributed by atoms with E-state index in [9.17, 15) is 9.59 Å². The number of guanidine groups is 1. The molecule has 1 unspecified atom stereocenters. The summed E-state index contributed by atoms with van der Waals surface area (Å²) >= 11 is 11.7. The maximum Gasteiger partial charge on any atom is 0.326 e. The summed E-state index contributed by atoms with van der Waals surface area (Å²) in [6, 6.07) is 4.14. The van der Waals surface area contributed by atoms with E-state index in [1.807, 2.05) is 0 Å². The van der Waals surface area contributed by atoms with Crippen molar-refractivity contribution in [1.82, 2.24) is 16.0 Å². The summed E-state index contributed by atoms with van der Waals surface area (Å²) in [6.45, 7) is 0.727. The van der Waals surface area contributed by atoms with E-state index in [2.05, 4.69) is 16.0 Å². The topological polar surface area (TPSA) is 140 Å². The van der Waals surface area contributed by atoms with Gasteiger partial charge in [0, 0.05) is 13.1 Å². The van der Waals surface area contributed by atoms with Crippen molar-refractivity contribution in [2.75, 3.05) is 13.1 Å². The van der Waals surface area contributed by atoms with E-state index >= 15 is 0 Å². The Kier molecular flexibility index (Phi) is 9.04. The van der Waals surface area contributed by atoms with Gasteiger partial charge in [0.15, 0.2) is 5.96 Å². The molecular formula is C15H21Cl2N5O3. The van der Waals surface area contributed by atoms with Crippen LogP contribution in [0.5, 0.6) is 0 Å². The van der Waals surface area contributed by atoms with Gasteiger partial charge >= 0.3 is 5.97 Å². The Balaban J connectivity index is 2.35. The smallest absolute Gasteiger partial charge is 0.326 e. The molecule has 7 N–H and O–H groups in total. The van der Waals surface area contributed by atoms with E-state index in [4.69, 9.17) is 39.5 Å². The second kappa shape index (κ2) is 10.8. The van der Waals surface area contributed by atoms with Crippen LogP contribution < -0.4 is 21.7 Å². The lowest BCUT2D eigenvalue weighted by Gasteiger charge is -2.15. The third-order valence-corrected chi connectivity index (χ3v) is 3.96. The summed E-state index contributed by atoms with van der Waals surface area (Å²) in [7, 11) is 0. The number of carbonyl (C=O) groups excluding carboxylic acids is 1. The number of aliphatic carboxylic acids is 1. The Bertz CT molecular complexity index is 627. The molecule has 1 atom stereocenters. The number of hydrogen-bond acceptors (Lipinski definition) is 4. The van der Waals surface area contributed by atoms with Crippen LogP contribution in [0.15, 0.2) is 18.2 Å². The van der Waals surface area contributed by atoms with Crippen molar-refractivity contribution in [3.05, 3.63) is 33.8 Å². The van der Waals surface area contributed by atoms with Gasteiger partial charge in [-0.05, 0) is 30.5 Å². The van der Waals surface area contributed by atoms with Gasteiger partial charge in [0.2, 0.25) is 5.91 Å². The largest absolute Gasteiger partial charge is 0.480 e. The van der Waals surface area contributed by atoms with Gasteiger partial charge in [-0.25, -0.2) is 4.79 Å². The Morgan fingerprint density at radius 3 is 2.60 bits per heavy atom. The van der Waals surface area contributed by atoms with E-state index < -0.39 is 17.9 Å². The fourth-order valence-electron chi connectivity index (χ4n) is 2.00. The SMILES string of the molecule is N=C(N)NCCCC(NC(=O)CNCc1ccc(Cl)c(Cl)c1)C(=O)O. The van der Waals surface area contributed by atoms with Gasteiger partial charge in [-0.15, -0.1) is 0 Å². The minimum atomic E-state index is -1.11. The van der Waals surface area contributed by atoms with Gasteiger partial charge in [0.25, 0.3) is 0 Å². The van der Waals surface area contributed by atoms with Crippen LogP contribution in [-0.4, -0.2) is 42.1 Å². The number of halogens is 2. The fraction of sp³-hybridized carbons (Fsp3) is 0.400. The van der Waals surface area contributed by atoms with Crippen molar-refractivity contribution in [2.45, 2.75) is 25.4 Å². The van der Waals surface area contributed by atoms with Crippen LogP contribution >= 0.6 is 23.2 Å². The van der Waals surface area contributed by atoms with Crippen molar-refractivity contribution in [2.24, 2.45) is 5.73 Å². The van der Waals surface area contributed by atoms with Gasteiger partial charge < -0.3 is 26.8 Å². The zero-order valence-corrected chi connectivity index (χ0v) is 15.0. The molecule has 1 amide bonds. The average Bonchev–Trinajstić information content (AvgIpc) is 2.53. The number of nitrogens with one attached hydrogen (secondary N) is 4. The van der Waals surface area contributed by atoms with Crippen LogP contribution in [0.25, 0.3) is 0 Å². The highest BCUT2D eigenvalue weighted by molar-refractivity contribution is 6.42. The second-order valence-electron chi connectivity index (χ2n) is 5.29. The molecule has 0 bridgehead atoms. The van der Waals surface area contributed by atoms with E-state index in [-0.39, 0.29) is 18.9 Å². The molecule has 8 nitrogen and oxygen atoms in total. The van der Waals surface area contributed by atoms with Gasteiger partial charge in [0.1, 0.15) is 6.04 Å². The van der Waals surface area contributed by atoms with Gasteiger partial charge in [-0.2, -0.15) is 0 Å². The Hall–Kier alpha value is -2.03. The number of carboxylic acid groups (broad SMARTS) is 1. The van der Waals surface area contributed by atoms with E-state index in [0.717, 1.165) is 5.56 Å². The number of amides is 1. The molecule has 10 heteroatoms. The molecule has 0 fully saturated rings. The number of carboxylic acids is 1. The van der Waals surface area contributed by atoms with Crippen LogP contribution in [0.1, 0.15) is 18.4 Å². The van der Waals surface area contributed by atoms with Crippen LogP contribution in [-0.2, 0) is 16.1 Å². The van der Waals surface area contributed by atoms with Crippen LogP contribution in [0.4, 0.5) is 0 Å². The number of carbonyl (C=O) groups is 2. The summed E-state index contributed by atoms with van der Waals surface area (Å²) in [5, 5.41) is 25.0. The van der Waals surface area contributed by atoms with Crippen molar-refractivity contribution >= 4 is 41.0 Å². The highest BCUT2D eigenvalue weighted by Gasteiger charge is 2.19. The van der Waals surface area contributed by atoms with E-state index in [0.29, 0.717) is 29.6 Å². The molecule has 0 saturated carbocycles. The number of nitrogens with two attached hydrogens (primary N) is 1. The van der Waals surface area contributed by atoms with E-state index in [1.165, 1.54) is 0 Å². The maximum atomic E-state index is 11.9. The predicted octanol–water partition coefficient (Wildman–Crippen LogP) is 0.916. The fourth-order valence-corrected chi connectivity index (χ4v) is 2.32. The normalized spacial score (nSPS) is 11.6. The molecule has 0 aliphatic carbocycles. The third-order valence-electron chi connectivity index (χ3n) is 3.22. The number of hydrogen-bond donors (Lipinski definition) is 6. The van der Waals surface area contributed by atoms with Gasteiger partial charge in [-0.3, -0.25) is 10.2 Å². The molecule has 0 radical (unpaired) electrons. The van der Waals surface area contributed by atoms with Gasteiger partial charge in [0.05, 0.1) is 16.6 Å². The molecule has 0 aliphatic heterocycles. The summed E-state index contributed by atoms with van der Waals surface area (Å²) in [4.78, 5) is 23.0. The summed E-state index contributed by atoms with van der Waals surface area (Å²) in [5.74, 6) is -1.71. The zero-order chi connectivity index (χ0) is 18.8. The van der Waals surface area contributed by atoms with Crippen molar-refractivity contribution < 1.29 is 14.7 Å². The molecule has 0 aromatic heterocycles. The highest BCUT2D eigenvalue weighted by atomic mass is 35.5. The van der Waals surface area contributed by atoms with E-state index in [1.54, 1.807) is 18.2 Å². The lowest BCUT2D eigenvalue weighted by Crippen LogP contribution is -2.45. The summed E-state index contributed by atoms with van der Waals surface area (Å²) in [6.07, 6.45) is 0.682. The molecule has 25 heavy (non-hydrogen) atoms. The first kappa shape index (κ1) is 21.0. The number of benzene rings is 1. The van der Waals surface area contributed by atoms with Crippen LogP contribution in [0, 0.1) is 5.41 Å². The molecule has 1 rings (SSSR count). The zero-order valence-electron chi connectivity index (χ0n) is 13.4. The van der Waals surface area contributed by atoms with Gasteiger partial charge in [-0.1, -0.05) is 29.3 Å². The molecule has 1 aromatic rings. The first-order valence-electron chi connectivity index (χ1n) is 7.54. The highest BCUT2D eigenvalue weighted by Crippen LogP contribution is 2.22. The van der Waals surface area contributed by atoms with Crippen molar-refractivity contribution in [3.8, 4) is 0 Å². The van der Waals surface area contributed by atoms with Crippen molar-refractivity contribution in [1.29, 1.82) is 5.41 Å². The van der Waals surface area contributed by atoms with Crippen LogP contribution in [0.3, 0.4) is 0 Å². The Labute approximate surface area is 155 Å². The molecular weight excluding hydrogens is 369 g/mol. The number of rotatable bonds is 10. The summed E-state index contributed by atoms with van der Waals surface area (Å²) in [5.41, 5.74) is 5.99. The molecule has 0 heterocycles. The first-order chi connectivity index (χ1) is 11.8. The monoisotopic (exact) mass is 389 g/mol. The molecule has 0 aliphatic rings. The van der Waals surface area contributed by atoms with Crippen LogP contribution in [0.2, 0.25) is 10.0 Å². The van der Waals surface area contributed by atoms with Crippen molar-refractivity contribution in [3.63, 3.8) is 0 Å². The molecule has 0 spiro atoms. The Morgan fingerprint density at radius 2 is 2.00 bits per heavy atom. The minimum Gasteiger partial charge on any atom is -0.480 e. The predicted molar refractivity (Wildman–Crippen MR) is 96.9 cm³/mol. The standard InChI is InChI=1S/C15H21Cl2N5O3/c16-10-4-3-9(6-11(10)17)7-20-8-13(23)22-12(14(24)25)2-1-5-21-15(18)19/h3-4,6,12,20H,1-2,5,7-8H2,(H,22,23)(H,24,25)(H4,18,19,21). The average molecular weight is 390 g/mol. The minimum absolute atomic E-state index is 0.0320. The first-order valence-corrected chi connectivity index (χ1v) is 8.30. The quantitative estimate of drug-likeness (QED) is 0.199.